The van der Waals surface area contributed by atoms with Gasteiger partial charge in [0.25, 0.3) is 0 Å². The van der Waals surface area contributed by atoms with Gasteiger partial charge in [-0.3, -0.25) is 4.99 Å². The van der Waals surface area contributed by atoms with Crippen LogP contribution in [-0.2, 0) is 0 Å². The Bertz CT molecular complexity index is 717. The molecule has 0 aliphatic rings. The first-order chi connectivity index (χ1) is 10.4. The summed E-state index contributed by atoms with van der Waals surface area (Å²) in [6.45, 7) is 5.51. The molecule has 0 bridgehead atoms. The van der Waals surface area contributed by atoms with Crippen molar-refractivity contribution in [3.8, 4) is 11.3 Å². The predicted octanol–water partition coefficient (Wildman–Crippen LogP) is 4.62. The van der Waals surface area contributed by atoms with Gasteiger partial charge in [-0.05, 0) is 44.5 Å². The molecule has 0 saturated heterocycles. The molecular weight excluding hydrogens is 310 g/mol. The average Bonchev–Trinajstić information content (AvgIpc) is 2.44. The monoisotopic (exact) mass is 324 g/mol. The molecule has 0 spiro atoms. The minimum Gasteiger partial charge on any atom is -0.381 e. The highest BCUT2D eigenvalue weighted by atomic mass is 35.5. The topological polar surface area (TPSA) is 50.2 Å². The first kappa shape index (κ1) is 16.3. The number of nitrogens with one attached hydrogen (secondary N) is 1. The van der Waals surface area contributed by atoms with Crippen molar-refractivity contribution in [2.24, 2.45) is 4.99 Å². The van der Waals surface area contributed by atoms with Crippen molar-refractivity contribution in [1.82, 2.24) is 9.97 Å². The number of rotatable bonds is 4. The summed E-state index contributed by atoms with van der Waals surface area (Å²) in [5.74, 6) is -1.25. The van der Waals surface area contributed by atoms with Crippen LogP contribution >= 0.6 is 11.6 Å². The van der Waals surface area contributed by atoms with Gasteiger partial charge in [0.1, 0.15) is 11.4 Å². The summed E-state index contributed by atoms with van der Waals surface area (Å²) in [6.07, 6.45) is 2.45. The number of nitrogens with zero attached hydrogens (tertiary/aromatic N) is 3. The fourth-order valence-corrected chi connectivity index (χ4v) is 2.10. The lowest BCUT2D eigenvalue weighted by Gasteiger charge is -2.15. The number of halogens is 3. The zero-order valence-electron chi connectivity index (χ0n) is 12.4. The molecule has 2 aromatic rings. The number of hydrogen-bond acceptors (Lipinski definition) is 4. The van der Waals surface area contributed by atoms with E-state index in [1.54, 1.807) is 13.0 Å². The van der Waals surface area contributed by atoms with Gasteiger partial charge in [0.05, 0.1) is 11.9 Å². The fourth-order valence-electron chi connectivity index (χ4n) is 1.97. The summed E-state index contributed by atoms with van der Waals surface area (Å²) in [5.41, 5.74) is 0.827. The summed E-state index contributed by atoms with van der Waals surface area (Å²) >= 11 is 5.69. The van der Waals surface area contributed by atoms with Crippen molar-refractivity contribution in [3.05, 3.63) is 35.2 Å². The smallest absolute Gasteiger partial charge is 0.223 e. The highest BCUT2D eigenvalue weighted by molar-refractivity contribution is 6.28. The van der Waals surface area contributed by atoms with Crippen LogP contribution in [-0.4, -0.2) is 22.2 Å². The number of aliphatic imine (C=N–C) groups is 1. The van der Waals surface area contributed by atoms with Crippen LogP contribution in [0.3, 0.4) is 0 Å². The number of anilines is 1. The molecule has 0 radical (unpaired) electrons. The Morgan fingerprint density at radius 2 is 2.00 bits per heavy atom. The Hall–Kier alpha value is -2.08. The van der Waals surface area contributed by atoms with Crippen LogP contribution in [0, 0.1) is 11.6 Å². The van der Waals surface area contributed by atoms with E-state index in [1.807, 2.05) is 13.8 Å². The molecule has 1 N–H and O–H groups in total. The highest BCUT2D eigenvalue weighted by Crippen LogP contribution is 2.34. The Morgan fingerprint density at radius 1 is 1.27 bits per heavy atom. The Balaban J connectivity index is 2.63. The molecule has 1 heterocycles. The van der Waals surface area contributed by atoms with Crippen LogP contribution in [0.5, 0.6) is 0 Å². The fraction of sp³-hybridized carbons (Fsp3) is 0.267. The molecule has 7 heteroatoms. The van der Waals surface area contributed by atoms with Gasteiger partial charge >= 0.3 is 0 Å². The second kappa shape index (κ2) is 6.79. The molecular formula is C15H15ClF2N4. The van der Waals surface area contributed by atoms with Crippen molar-refractivity contribution in [3.63, 3.8) is 0 Å². The van der Waals surface area contributed by atoms with Crippen LogP contribution in [0.4, 0.5) is 20.2 Å². The molecule has 116 valence electrons. The molecule has 22 heavy (non-hydrogen) atoms. The zero-order chi connectivity index (χ0) is 16.3. The van der Waals surface area contributed by atoms with Crippen molar-refractivity contribution in [2.75, 3.05) is 5.32 Å². The van der Waals surface area contributed by atoms with E-state index in [9.17, 15) is 8.78 Å². The van der Waals surface area contributed by atoms with E-state index < -0.39 is 11.6 Å². The van der Waals surface area contributed by atoms with E-state index in [-0.39, 0.29) is 28.3 Å². The molecule has 1 aromatic carbocycles. The van der Waals surface area contributed by atoms with E-state index >= 15 is 0 Å². The summed E-state index contributed by atoms with van der Waals surface area (Å²) in [5, 5.41) is 2.98. The molecule has 1 aromatic heterocycles. The minimum atomic E-state index is -0.675. The van der Waals surface area contributed by atoms with Crippen molar-refractivity contribution >= 4 is 29.2 Å². The molecule has 0 atom stereocenters. The molecule has 2 rings (SSSR count). The first-order valence-electron chi connectivity index (χ1n) is 6.69. The summed E-state index contributed by atoms with van der Waals surface area (Å²) < 4.78 is 28.2. The normalized spacial score (nSPS) is 11.4. The lowest BCUT2D eigenvalue weighted by Crippen LogP contribution is -2.10. The van der Waals surface area contributed by atoms with Gasteiger partial charge < -0.3 is 5.32 Å². The van der Waals surface area contributed by atoms with Crippen molar-refractivity contribution in [1.29, 1.82) is 0 Å². The summed E-state index contributed by atoms with van der Waals surface area (Å²) in [7, 11) is 0. The Morgan fingerprint density at radius 3 is 2.64 bits per heavy atom. The lowest BCUT2D eigenvalue weighted by atomic mass is 10.1. The Labute approximate surface area is 132 Å². The summed E-state index contributed by atoms with van der Waals surface area (Å²) in [4.78, 5) is 11.4. The molecule has 0 unspecified atom stereocenters. The van der Waals surface area contributed by atoms with E-state index in [0.717, 1.165) is 6.20 Å². The van der Waals surface area contributed by atoms with Crippen molar-refractivity contribution < 1.29 is 8.78 Å². The highest BCUT2D eigenvalue weighted by Gasteiger charge is 2.16. The van der Waals surface area contributed by atoms with Gasteiger partial charge in [0, 0.05) is 17.8 Å². The maximum atomic E-state index is 14.3. The van der Waals surface area contributed by atoms with Gasteiger partial charge in [-0.25, -0.2) is 18.7 Å². The van der Waals surface area contributed by atoms with Crippen LogP contribution in [0.25, 0.3) is 11.3 Å². The quantitative estimate of drug-likeness (QED) is 0.659. The summed E-state index contributed by atoms with van der Waals surface area (Å²) in [6, 6.07) is 2.82. The molecule has 0 aliphatic heterocycles. The van der Waals surface area contributed by atoms with E-state index in [1.165, 1.54) is 12.3 Å². The Kier molecular flexibility index (Phi) is 5.03. The van der Waals surface area contributed by atoms with Gasteiger partial charge in [0.2, 0.25) is 5.28 Å². The lowest BCUT2D eigenvalue weighted by molar-refractivity contribution is 0.616. The van der Waals surface area contributed by atoms with E-state index in [4.69, 9.17) is 11.6 Å². The molecule has 0 saturated carbocycles. The minimum absolute atomic E-state index is 0.0549. The van der Waals surface area contributed by atoms with Gasteiger partial charge in [-0.2, -0.15) is 0 Å². The third kappa shape index (κ3) is 3.57. The SMILES string of the molecule is CC=Nc1c(F)cc(-c2nc(Cl)ncc2F)cc1NC(C)C. The largest absolute Gasteiger partial charge is 0.381 e. The molecule has 0 amide bonds. The maximum absolute atomic E-state index is 14.3. The van der Waals surface area contributed by atoms with Gasteiger partial charge in [0.15, 0.2) is 11.6 Å². The zero-order valence-corrected chi connectivity index (χ0v) is 13.1. The molecule has 0 fully saturated rings. The predicted molar refractivity (Wildman–Crippen MR) is 85.0 cm³/mol. The maximum Gasteiger partial charge on any atom is 0.223 e. The van der Waals surface area contributed by atoms with Crippen molar-refractivity contribution in [2.45, 2.75) is 26.8 Å². The van der Waals surface area contributed by atoms with Gasteiger partial charge in [-0.1, -0.05) is 0 Å². The van der Waals surface area contributed by atoms with Crippen LogP contribution in [0.2, 0.25) is 5.28 Å². The third-order valence-electron chi connectivity index (χ3n) is 2.75. The average molecular weight is 325 g/mol. The standard InChI is InChI=1S/C15H15ClF2N4/c1-4-19-14-10(17)5-9(6-12(14)21-8(2)3)13-11(18)7-20-15(16)22-13/h4-8,21H,1-3H3. The number of aromatic nitrogens is 2. The van der Waals surface area contributed by atoms with Crippen LogP contribution < -0.4 is 5.32 Å². The van der Waals surface area contributed by atoms with E-state index in [0.29, 0.717) is 5.69 Å². The second-order valence-corrected chi connectivity index (χ2v) is 5.21. The van der Waals surface area contributed by atoms with Crippen LogP contribution in [0.15, 0.2) is 23.3 Å². The number of benzene rings is 1. The molecule has 0 aliphatic carbocycles. The first-order valence-corrected chi connectivity index (χ1v) is 7.07. The number of hydrogen-bond donors (Lipinski definition) is 1. The second-order valence-electron chi connectivity index (χ2n) is 4.88. The third-order valence-corrected chi connectivity index (χ3v) is 2.94. The van der Waals surface area contributed by atoms with Crippen LogP contribution in [0.1, 0.15) is 20.8 Å². The van der Waals surface area contributed by atoms with E-state index in [2.05, 4.69) is 20.3 Å². The molecule has 4 nitrogen and oxygen atoms in total. The van der Waals surface area contributed by atoms with Gasteiger partial charge in [-0.15, -0.1) is 0 Å².